The van der Waals surface area contributed by atoms with E-state index in [0.717, 1.165) is 10.4 Å². The van der Waals surface area contributed by atoms with Gasteiger partial charge in [0.1, 0.15) is 17.7 Å². The highest BCUT2D eigenvalue weighted by molar-refractivity contribution is 14.0. The van der Waals surface area contributed by atoms with Crippen LogP contribution in [0.15, 0.2) is 59.7 Å². The van der Waals surface area contributed by atoms with Crippen LogP contribution in [0.5, 0.6) is 11.6 Å². The Labute approximate surface area is 206 Å². The lowest BCUT2D eigenvalue weighted by molar-refractivity contribution is 0.184. The van der Waals surface area contributed by atoms with E-state index in [1.54, 1.807) is 30.5 Å². The van der Waals surface area contributed by atoms with Crippen molar-refractivity contribution < 1.29 is 14.2 Å². The van der Waals surface area contributed by atoms with E-state index in [9.17, 15) is 9.50 Å². The Morgan fingerprint density at radius 3 is 2.58 bits per heavy atom. The summed E-state index contributed by atoms with van der Waals surface area (Å²) in [6, 6.07) is 12.9. The molecule has 31 heavy (non-hydrogen) atoms. The number of halogens is 3. The molecular weight excluding hydrogens is 554 g/mol. The normalized spacial score (nSPS) is 12.1. The predicted molar refractivity (Wildman–Crippen MR) is 133 cm³/mol. The number of benzene rings is 1. The van der Waals surface area contributed by atoms with Crippen molar-refractivity contribution >= 4 is 52.9 Å². The van der Waals surface area contributed by atoms with Gasteiger partial charge in [-0.1, -0.05) is 17.7 Å². The van der Waals surface area contributed by atoms with Crippen LogP contribution in [0, 0.1) is 5.82 Å². The molecule has 1 aromatic carbocycles. The van der Waals surface area contributed by atoms with Crippen LogP contribution in [0.3, 0.4) is 0 Å². The van der Waals surface area contributed by atoms with Crippen LogP contribution in [0.25, 0.3) is 0 Å². The van der Waals surface area contributed by atoms with E-state index in [-0.39, 0.29) is 29.8 Å². The summed E-state index contributed by atoms with van der Waals surface area (Å²) in [5, 5.41) is 16.5. The van der Waals surface area contributed by atoms with Gasteiger partial charge in [0.05, 0.1) is 10.9 Å². The lowest BCUT2D eigenvalue weighted by Gasteiger charge is -2.14. The van der Waals surface area contributed by atoms with Crippen molar-refractivity contribution in [3.8, 4) is 11.6 Å². The maximum Gasteiger partial charge on any atom is 0.219 e. The van der Waals surface area contributed by atoms with Gasteiger partial charge >= 0.3 is 0 Å². The van der Waals surface area contributed by atoms with Crippen molar-refractivity contribution in [1.29, 1.82) is 0 Å². The largest absolute Gasteiger partial charge is 0.439 e. The average molecular weight is 577 g/mol. The quantitative estimate of drug-likeness (QED) is 0.197. The number of guanidine groups is 1. The highest BCUT2D eigenvalue weighted by atomic mass is 127. The maximum atomic E-state index is 13.0. The van der Waals surface area contributed by atoms with Crippen molar-refractivity contribution in [2.45, 2.75) is 19.6 Å². The van der Waals surface area contributed by atoms with E-state index in [1.165, 1.54) is 23.5 Å². The number of ether oxygens (including phenoxy) is 1. The molecule has 3 rings (SSSR count). The first-order valence-corrected chi connectivity index (χ1v) is 10.6. The number of rotatable bonds is 8. The zero-order valence-electron chi connectivity index (χ0n) is 16.7. The van der Waals surface area contributed by atoms with Crippen molar-refractivity contribution in [2.24, 2.45) is 4.99 Å². The number of aliphatic imine (C=N–C) groups is 1. The molecule has 0 saturated heterocycles. The number of aliphatic hydroxyl groups is 1. The maximum absolute atomic E-state index is 13.0. The van der Waals surface area contributed by atoms with Gasteiger partial charge in [-0.25, -0.2) is 14.4 Å². The molecule has 10 heteroatoms. The highest BCUT2D eigenvalue weighted by Gasteiger charge is 2.11. The minimum atomic E-state index is -0.670. The second kappa shape index (κ2) is 12.8. The van der Waals surface area contributed by atoms with E-state index in [1.807, 2.05) is 19.1 Å². The van der Waals surface area contributed by atoms with Crippen LogP contribution in [0.4, 0.5) is 4.39 Å². The number of nitrogens with one attached hydrogen (secondary N) is 2. The Morgan fingerprint density at radius 1 is 1.19 bits per heavy atom. The number of aromatic nitrogens is 1. The minimum Gasteiger partial charge on any atom is -0.439 e. The summed E-state index contributed by atoms with van der Waals surface area (Å²) in [6.45, 7) is 3.37. The molecule has 0 aliphatic heterocycles. The Bertz CT molecular complexity index is 970. The SMILES string of the molecule is CCNC(=NCc1ccc(Oc2ccc(F)cc2)nc1)NCC(O)c1ccc(Cl)s1.I. The molecule has 0 spiro atoms. The summed E-state index contributed by atoms with van der Waals surface area (Å²) < 4.78 is 19.2. The molecule has 166 valence electrons. The fourth-order valence-electron chi connectivity index (χ4n) is 2.50. The van der Waals surface area contributed by atoms with Gasteiger partial charge in [0.2, 0.25) is 5.88 Å². The molecule has 0 amide bonds. The van der Waals surface area contributed by atoms with Crippen LogP contribution in [-0.2, 0) is 6.54 Å². The van der Waals surface area contributed by atoms with E-state index in [2.05, 4.69) is 20.6 Å². The van der Waals surface area contributed by atoms with Crippen LogP contribution >= 0.6 is 46.9 Å². The van der Waals surface area contributed by atoms with Gasteiger partial charge in [-0.15, -0.1) is 35.3 Å². The van der Waals surface area contributed by atoms with E-state index < -0.39 is 6.10 Å². The Hall–Kier alpha value is -1.95. The molecule has 2 aromatic heterocycles. The zero-order chi connectivity index (χ0) is 21.3. The molecule has 3 N–H and O–H groups in total. The van der Waals surface area contributed by atoms with Gasteiger partial charge in [0.25, 0.3) is 0 Å². The number of hydrogen-bond acceptors (Lipinski definition) is 5. The summed E-state index contributed by atoms with van der Waals surface area (Å²) in [4.78, 5) is 9.57. The average Bonchev–Trinajstić information content (AvgIpc) is 3.19. The Kier molecular flexibility index (Phi) is 10.4. The van der Waals surface area contributed by atoms with Crippen molar-refractivity contribution in [1.82, 2.24) is 15.6 Å². The summed E-state index contributed by atoms with van der Waals surface area (Å²) in [7, 11) is 0. The second-order valence-corrected chi connectivity index (χ2v) is 8.04. The van der Waals surface area contributed by atoms with Crippen LogP contribution in [-0.4, -0.2) is 29.1 Å². The lowest BCUT2D eigenvalue weighted by atomic mass is 10.3. The van der Waals surface area contributed by atoms with E-state index in [4.69, 9.17) is 16.3 Å². The molecule has 0 aliphatic rings. The first kappa shape index (κ1) is 25.3. The van der Waals surface area contributed by atoms with Crippen molar-refractivity contribution in [3.05, 3.63) is 75.3 Å². The third-order valence-electron chi connectivity index (χ3n) is 3.98. The summed E-state index contributed by atoms with van der Waals surface area (Å²) in [6.07, 6.45) is 1.00. The molecule has 2 heterocycles. The third kappa shape index (κ3) is 8.24. The number of hydrogen-bond donors (Lipinski definition) is 3. The zero-order valence-corrected chi connectivity index (χ0v) is 20.6. The molecule has 0 bridgehead atoms. The smallest absolute Gasteiger partial charge is 0.219 e. The molecule has 6 nitrogen and oxygen atoms in total. The number of pyridine rings is 1. The third-order valence-corrected chi connectivity index (χ3v) is 5.32. The summed E-state index contributed by atoms with van der Waals surface area (Å²) >= 11 is 7.27. The van der Waals surface area contributed by atoms with Gasteiger partial charge in [-0.2, -0.15) is 0 Å². The molecule has 0 fully saturated rings. The molecule has 1 unspecified atom stereocenters. The van der Waals surface area contributed by atoms with Crippen molar-refractivity contribution in [2.75, 3.05) is 13.1 Å². The molecule has 3 aromatic rings. The predicted octanol–water partition coefficient (Wildman–Crippen LogP) is 5.13. The fraction of sp³-hybridized carbons (Fsp3) is 0.238. The Balaban J connectivity index is 0.00000341. The molecular formula is C21H23ClFIN4O2S. The standard InChI is InChI=1S/C21H22ClFN4O2S.HI/c1-2-24-21(27-13-17(28)18-8-9-19(22)30-18)26-12-14-3-10-20(25-11-14)29-16-6-4-15(23)5-7-16;/h3-11,17,28H,2,12-13H2,1H3,(H2,24,26,27);1H. The van der Waals surface area contributed by atoms with Crippen LogP contribution in [0.2, 0.25) is 4.34 Å². The monoisotopic (exact) mass is 576 g/mol. The van der Waals surface area contributed by atoms with Gasteiger partial charge in [-0.05, 0) is 48.9 Å². The van der Waals surface area contributed by atoms with Crippen LogP contribution < -0.4 is 15.4 Å². The highest BCUT2D eigenvalue weighted by Crippen LogP contribution is 2.26. The van der Waals surface area contributed by atoms with E-state index >= 15 is 0 Å². The molecule has 1 atom stereocenters. The van der Waals surface area contributed by atoms with Crippen molar-refractivity contribution in [3.63, 3.8) is 0 Å². The first-order valence-electron chi connectivity index (χ1n) is 9.37. The number of thiophene rings is 1. The van der Waals surface area contributed by atoms with Gasteiger partial charge < -0.3 is 20.5 Å². The second-order valence-electron chi connectivity index (χ2n) is 6.29. The van der Waals surface area contributed by atoms with Gasteiger partial charge in [-0.3, -0.25) is 0 Å². The minimum absolute atomic E-state index is 0. The van der Waals surface area contributed by atoms with E-state index in [0.29, 0.717) is 41.6 Å². The summed E-state index contributed by atoms with van der Waals surface area (Å²) in [5.74, 6) is 1.20. The fourth-order valence-corrected chi connectivity index (χ4v) is 3.55. The first-order chi connectivity index (χ1) is 14.5. The molecule has 0 radical (unpaired) electrons. The molecule has 0 saturated carbocycles. The number of aliphatic hydroxyl groups excluding tert-OH is 1. The van der Waals surface area contributed by atoms with Gasteiger partial charge in [0.15, 0.2) is 5.96 Å². The summed E-state index contributed by atoms with van der Waals surface area (Å²) in [5.41, 5.74) is 0.893. The lowest BCUT2D eigenvalue weighted by Crippen LogP contribution is -2.39. The number of nitrogens with zero attached hydrogens (tertiary/aromatic N) is 2. The molecule has 0 aliphatic carbocycles. The Morgan fingerprint density at radius 2 is 1.97 bits per heavy atom. The van der Waals surface area contributed by atoms with Crippen LogP contribution in [0.1, 0.15) is 23.5 Å². The van der Waals surface area contributed by atoms with Gasteiger partial charge in [0, 0.05) is 30.2 Å². The topological polar surface area (TPSA) is 78.8 Å².